The second-order valence-electron chi connectivity index (χ2n) is 5.62. The largest absolute Gasteiger partial charge is 0.493 e. The Balaban J connectivity index is 2.14. The lowest BCUT2D eigenvalue weighted by Gasteiger charge is -2.16. The molecule has 27 heavy (non-hydrogen) atoms. The summed E-state index contributed by atoms with van der Waals surface area (Å²) in [6.45, 7) is 2.05. The Morgan fingerprint density at radius 2 is 1.89 bits per heavy atom. The highest BCUT2D eigenvalue weighted by Crippen LogP contribution is 2.35. The molecule has 0 atom stereocenters. The van der Waals surface area contributed by atoms with Crippen LogP contribution in [0.4, 0.5) is 11.4 Å². The van der Waals surface area contributed by atoms with Crippen LogP contribution in [0.3, 0.4) is 0 Å². The Hall–Kier alpha value is -2.80. The molecule has 3 rings (SSSR count). The highest BCUT2D eigenvalue weighted by atomic mass is 79.9. The topological polar surface area (TPSA) is 69.7 Å². The van der Waals surface area contributed by atoms with Crippen molar-refractivity contribution in [1.29, 1.82) is 0 Å². The summed E-state index contributed by atoms with van der Waals surface area (Å²) in [7, 11) is 3.16. The van der Waals surface area contributed by atoms with Crippen LogP contribution < -0.4 is 14.8 Å². The molecule has 0 radical (unpaired) electrons. The van der Waals surface area contributed by atoms with Crippen LogP contribution >= 0.6 is 15.9 Å². The van der Waals surface area contributed by atoms with E-state index in [-0.39, 0.29) is 6.61 Å². The molecule has 0 saturated carbocycles. The number of anilines is 2. The molecule has 0 amide bonds. The highest BCUT2D eigenvalue weighted by Gasteiger charge is 2.18. The van der Waals surface area contributed by atoms with Crippen LogP contribution in [0.1, 0.15) is 17.3 Å². The van der Waals surface area contributed by atoms with Crippen LogP contribution in [0.2, 0.25) is 0 Å². The molecule has 140 valence electrons. The van der Waals surface area contributed by atoms with Crippen molar-refractivity contribution in [2.75, 3.05) is 26.1 Å². The van der Waals surface area contributed by atoms with Crippen LogP contribution in [-0.2, 0) is 4.74 Å². The second kappa shape index (κ2) is 8.26. The Kier molecular flexibility index (Phi) is 5.81. The van der Waals surface area contributed by atoms with Crippen molar-refractivity contribution in [3.05, 3.63) is 52.6 Å². The van der Waals surface area contributed by atoms with Crippen molar-refractivity contribution < 1.29 is 19.0 Å². The Morgan fingerprint density at radius 3 is 2.59 bits per heavy atom. The molecule has 7 heteroatoms. The molecule has 6 nitrogen and oxygen atoms in total. The van der Waals surface area contributed by atoms with E-state index >= 15 is 0 Å². The third kappa shape index (κ3) is 3.98. The Labute approximate surface area is 165 Å². The first kappa shape index (κ1) is 19.0. The number of nitrogens with zero attached hydrogens (tertiary/aromatic N) is 1. The number of fused-ring (bicyclic) bond motifs is 1. The van der Waals surface area contributed by atoms with Gasteiger partial charge in [-0.05, 0) is 37.3 Å². The average molecular weight is 431 g/mol. The fourth-order valence-electron chi connectivity index (χ4n) is 2.72. The number of aromatic nitrogens is 1. The van der Waals surface area contributed by atoms with Gasteiger partial charge >= 0.3 is 5.97 Å². The van der Waals surface area contributed by atoms with Crippen molar-refractivity contribution in [2.24, 2.45) is 0 Å². The summed E-state index contributed by atoms with van der Waals surface area (Å²) < 4.78 is 16.7. The van der Waals surface area contributed by atoms with Gasteiger partial charge in [-0.25, -0.2) is 4.79 Å². The number of benzene rings is 2. The molecule has 0 bridgehead atoms. The fraction of sp³-hybridized carbons (Fsp3) is 0.200. The number of halogens is 1. The van der Waals surface area contributed by atoms with Crippen LogP contribution in [0, 0.1) is 0 Å². The molecule has 2 aromatic carbocycles. The molecule has 0 aliphatic rings. The lowest BCUT2D eigenvalue weighted by atomic mass is 10.1. The van der Waals surface area contributed by atoms with E-state index in [4.69, 9.17) is 14.2 Å². The number of hydrogen-bond acceptors (Lipinski definition) is 6. The van der Waals surface area contributed by atoms with E-state index < -0.39 is 5.97 Å². The van der Waals surface area contributed by atoms with Gasteiger partial charge in [0.1, 0.15) is 5.56 Å². The lowest BCUT2D eigenvalue weighted by molar-refractivity contribution is 0.0527. The number of methoxy groups -OCH3 is 2. The monoisotopic (exact) mass is 430 g/mol. The van der Waals surface area contributed by atoms with Gasteiger partial charge in [-0.15, -0.1) is 0 Å². The predicted molar refractivity (Wildman–Crippen MR) is 108 cm³/mol. The van der Waals surface area contributed by atoms with Crippen molar-refractivity contribution in [1.82, 2.24) is 4.98 Å². The van der Waals surface area contributed by atoms with Crippen LogP contribution in [0.15, 0.2) is 47.1 Å². The van der Waals surface area contributed by atoms with Gasteiger partial charge in [-0.2, -0.15) is 0 Å². The predicted octanol–water partition coefficient (Wildman–Crippen LogP) is 4.93. The minimum Gasteiger partial charge on any atom is -0.493 e. The number of rotatable bonds is 6. The first-order valence-electron chi connectivity index (χ1n) is 8.31. The highest BCUT2D eigenvalue weighted by molar-refractivity contribution is 9.10. The van der Waals surface area contributed by atoms with Gasteiger partial charge in [0.15, 0.2) is 11.5 Å². The molecule has 1 heterocycles. The van der Waals surface area contributed by atoms with Crippen molar-refractivity contribution in [3.8, 4) is 11.5 Å². The Morgan fingerprint density at radius 1 is 1.11 bits per heavy atom. The summed E-state index contributed by atoms with van der Waals surface area (Å²) in [5.41, 5.74) is 2.48. The summed E-state index contributed by atoms with van der Waals surface area (Å²) in [4.78, 5) is 16.8. The third-order valence-corrected chi connectivity index (χ3v) is 4.47. The maximum atomic E-state index is 12.4. The standard InChI is InChI=1S/C20H19BrN2O4/c1-4-27-20(24)15-11-22-16-7-5-12(21)9-14(16)19(15)23-13-6-8-17(25-2)18(10-13)26-3/h5-11H,4H2,1-3H3,(H,22,23). The number of ether oxygens (including phenoxy) is 3. The van der Waals surface area contributed by atoms with Crippen LogP contribution in [-0.4, -0.2) is 31.8 Å². The number of hydrogen-bond donors (Lipinski definition) is 1. The number of nitrogens with one attached hydrogen (secondary N) is 1. The number of esters is 1. The SMILES string of the molecule is CCOC(=O)c1cnc2ccc(Br)cc2c1Nc1ccc(OC)c(OC)c1. The first-order chi connectivity index (χ1) is 13.1. The maximum Gasteiger partial charge on any atom is 0.341 e. The van der Waals surface area contributed by atoms with E-state index in [1.54, 1.807) is 33.3 Å². The molecular weight excluding hydrogens is 412 g/mol. The number of carbonyl (C=O) groups excluding carboxylic acids is 1. The third-order valence-electron chi connectivity index (χ3n) is 3.98. The normalized spacial score (nSPS) is 10.5. The summed E-state index contributed by atoms with van der Waals surface area (Å²) >= 11 is 3.48. The zero-order valence-corrected chi connectivity index (χ0v) is 16.8. The van der Waals surface area contributed by atoms with Crippen molar-refractivity contribution in [2.45, 2.75) is 6.92 Å². The van der Waals surface area contributed by atoms with Gasteiger partial charge in [-0.3, -0.25) is 4.98 Å². The van der Waals surface area contributed by atoms with E-state index in [9.17, 15) is 4.79 Å². The lowest BCUT2D eigenvalue weighted by Crippen LogP contribution is -2.09. The van der Waals surface area contributed by atoms with Gasteiger partial charge in [-0.1, -0.05) is 15.9 Å². The zero-order valence-electron chi connectivity index (χ0n) is 15.2. The molecule has 0 spiro atoms. The van der Waals surface area contributed by atoms with Gasteiger partial charge < -0.3 is 19.5 Å². The second-order valence-corrected chi connectivity index (χ2v) is 6.54. The summed E-state index contributed by atoms with van der Waals surface area (Å²) in [6, 6.07) is 11.1. The van der Waals surface area contributed by atoms with Crippen LogP contribution in [0.5, 0.6) is 11.5 Å². The molecule has 1 aromatic heterocycles. The minimum absolute atomic E-state index is 0.283. The fourth-order valence-corrected chi connectivity index (χ4v) is 3.08. The number of carbonyl (C=O) groups is 1. The summed E-state index contributed by atoms with van der Waals surface area (Å²) in [5.74, 6) is 0.769. The van der Waals surface area contributed by atoms with Gasteiger partial charge in [0, 0.05) is 27.8 Å². The quantitative estimate of drug-likeness (QED) is 0.558. The molecule has 1 N–H and O–H groups in total. The van der Waals surface area contributed by atoms with E-state index in [2.05, 4.69) is 26.2 Å². The molecule has 0 aliphatic carbocycles. The molecule has 0 saturated heterocycles. The Bertz CT molecular complexity index is 991. The minimum atomic E-state index is -0.435. The zero-order chi connectivity index (χ0) is 19.4. The van der Waals surface area contributed by atoms with E-state index in [0.717, 1.165) is 21.1 Å². The molecule has 0 aliphatic heterocycles. The number of pyridine rings is 1. The maximum absolute atomic E-state index is 12.4. The smallest absolute Gasteiger partial charge is 0.341 e. The molecule has 0 fully saturated rings. The summed E-state index contributed by atoms with van der Waals surface area (Å²) in [5, 5.41) is 4.11. The first-order valence-corrected chi connectivity index (χ1v) is 9.11. The molecule has 3 aromatic rings. The van der Waals surface area contributed by atoms with E-state index in [1.165, 1.54) is 6.20 Å². The van der Waals surface area contributed by atoms with Gasteiger partial charge in [0.25, 0.3) is 0 Å². The van der Waals surface area contributed by atoms with Gasteiger partial charge in [0.05, 0.1) is 32.0 Å². The van der Waals surface area contributed by atoms with Crippen molar-refractivity contribution in [3.63, 3.8) is 0 Å². The molecular formula is C20H19BrN2O4. The molecule has 0 unspecified atom stereocenters. The van der Waals surface area contributed by atoms with E-state index in [0.29, 0.717) is 22.7 Å². The van der Waals surface area contributed by atoms with Crippen LogP contribution in [0.25, 0.3) is 10.9 Å². The average Bonchev–Trinajstić information content (AvgIpc) is 2.68. The van der Waals surface area contributed by atoms with Gasteiger partial charge in [0.2, 0.25) is 0 Å². The van der Waals surface area contributed by atoms with E-state index in [1.807, 2.05) is 24.3 Å². The summed E-state index contributed by atoms with van der Waals surface area (Å²) in [6.07, 6.45) is 1.53. The van der Waals surface area contributed by atoms with Crippen molar-refractivity contribution >= 4 is 44.2 Å².